The second-order valence-corrected chi connectivity index (χ2v) is 38.3. The molecule has 0 saturated heterocycles. The predicted octanol–water partition coefficient (Wildman–Crippen LogP) is -3.45. The van der Waals surface area contributed by atoms with Gasteiger partial charge in [0.2, 0.25) is 0 Å². The molecule has 0 aliphatic heterocycles. The summed E-state index contributed by atoms with van der Waals surface area (Å²) in [5.74, 6) is 0.833. The van der Waals surface area contributed by atoms with Gasteiger partial charge in [-0.1, -0.05) is 20.8 Å². The summed E-state index contributed by atoms with van der Waals surface area (Å²) in [6.07, 6.45) is 0. The molecule has 0 amide bonds. The highest BCUT2D eigenvalue weighted by Gasteiger charge is 1.72. The average Bonchev–Trinajstić information content (AvgIpc) is 1.66. The Bertz CT molecular complexity index is 33.2. The highest BCUT2D eigenvalue weighted by atomic mass is 29.8. The smallest absolute Gasteiger partial charge is 0.00943 e. The number of rotatable bonds is 2. The van der Waals surface area contributed by atoms with E-state index in [0.717, 1.165) is 31.6 Å². The Balaban J connectivity index is 0. The van der Waals surface area contributed by atoms with Crippen LogP contribution in [0.25, 0.3) is 0 Å². The zero-order chi connectivity index (χ0) is 7.70. The second-order valence-electron chi connectivity index (χ2n) is 3.09. The van der Waals surface area contributed by atoms with Gasteiger partial charge in [-0.2, -0.15) is 0 Å². The molecular formula is C4H22Si5. The van der Waals surface area contributed by atoms with Crippen LogP contribution in [0.3, 0.4) is 0 Å². The standard InChI is InChI=1S/C4H10.H12Si5/c1-4(2)3;1-3-5-4-2/h4H,1-3H3;3-5H2,1-2H3. The van der Waals surface area contributed by atoms with Gasteiger partial charge in [0.15, 0.2) is 0 Å². The Labute approximate surface area is 72.1 Å². The number of hydrogen-bond donors (Lipinski definition) is 0. The molecule has 0 radical (unpaired) electrons. The maximum atomic E-state index is 2.17. The van der Waals surface area contributed by atoms with Crippen molar-refractivity contribution in [2.45, 2.75) is 20.8 Å². The van der Waals surface area contributed by atoms with Crippen LogP contribution in [0.15, 0.2) is 0 Å². The summed E-state index contributed by atoms with van der Waals surface area (Å²) in [7, 11) is 5.72. The van der Waals surface area contributed by atoms with Crippen molar-refractivity contribution < 1.29 is 0 Å². The lowest BCUT2D eigenvalue weighted by molar-refractivity contribution is 0.737. The maximum Gasteiger partial charge on any atom is -0.00943 e. The van der Waals surface area contributed by atoms with Crippen molar-refractivity contribution in [2.24, 2.45) is 5.92 Å². The topological polar surface area (TPSA) is 0 Å². The van der Waals surface area contributed by atoms with Gasteiger partial charge in [0.05, 0.1) is 0 Å². The van der Waals surface area contributed by atoms with Gasteiger partial charge in [0, 0.05) is 0 Å². The zero-order valence-corrected chi connectivity index (χ0v) is 15.9. The molecule has 9 heavy (non-hydrogen) atoms. The lowest BCUT2D eigenvalue weighted by atomic mass is 10.3. The highest BCUT2D eigenvalue weighted by Crippen LogP contribution is 1.81. The van der Waals surface area contributed by atoms with E-state index in [1.165, 1.54) is 0 Å². The third-order valence-electron chi connectivity index (χ3n) is 0.707. The molecule has 0 aromatic heterocycles. The molecule has 0 rings (SSSR count). The third-order valence-corrected chi connectivity index (χ3v) is 57.3. The van der Waals surface area contributed by atoms with Crippen LogP contribution in [-0.2, 0) is 0 Å². The molecule has 0 aliphatic rings. The fourth-order valence-electron chi connectivity index (χ4n) is 0.354. The van der Waals surface area contributed by atoms with Crippen LogP contribution in [0.4, 0.5) is 0 Å². The highest BCUT2D eigenvalue weighted by molar-refractivity contribution is 7.49. The van der Waals surface area contributed by atoms with E-state index in [-0.39, 0.29) is 0 Å². The van der Waals surface area contributed by atoms with E-state index in [9.17, 15) is 0 Å². The summed E-state index contributed by atoms with van der Waals surface area (Å²) in [6.45, 7) is 6.50. The molecule has 0 bridgehead atoms. The first-order valence-corrected chi connectivity index (χ1v) is 23.5. The Morgan fingerprint density at radius 2 is 1.22 bits per heavy atom. The number of hydrogen-bond acceptors (Lipinski definition) is 0. The molecule has 0 fully saturated rings. The first-order valence-electron chi connectivity index (χ1n) is 4.15. The summed E-state index contributed by atoms with van der Waals surface area (Å²) in [5.41, 5.74) is 0. The van der Waals surface area contributed by atoms with E-state index in [1.807, 2.05) is 0 Å². The first kappa shape index (κ1) is 12.7. The SMILES string of the molecule is CC(C)C.[SiH3][SiH2][SiH2][SiH2][SiH3]. The molecule has 58 valence electrons. The minimum absolute atomic E-state index is 0.788. The van der Waals surface area contributed by atoms with E-state index >= 15 is 0 Å². The van der Waals surface area contributed by atoms with E-state index in [1.54, 1.807) is 19.5 Å². The van der Waals surface area contributed by atoms with Gasteiger partial charge in [-0.25, -0.2) is 0 Å². The molecule has 5 heteroatoms. The van der Waals surface area contributed by atoms with Crippen LogP contribution in [0, 0.1) is 5.92 Å². The van der Waals surface area contributed by atoms with Gasteiger partial charge in [-0.3, -0.25) is 0 Å². The van der Waals surface area contributed by atoms with Gasteiger partial charge in [0.25, 0.3) is 0 Å². The maximum absolute atomic E-state index is 2.17. The summed E-state index contributed by atoms with van der Waals surface area (Å²) >= 11 is 0. The molecule has 0 atom stereocenters. The molecule has 0 saturated carbocycles. The summed E-state index contributed by atoms with van der Waals surface area (Å²) in [6, 6.07) is 0. The first-order chi connectivity index (χ1) is 4.15. The van der Waals surface area contributed by atoms with Crippen molar-refractivity contribution in [3.63, 3.8) is 0 Å². The van der Waals surface area contributed by atoms with Gasteiger partial charge < -0.3 is 0 Å². The van der Waals surface area contributed by atoms with Gasteiger partial charge in [0.1, 0.15) is 0 Å². The molecular weight excluding hydrogens is 188 g/mol. The van der Waals surface area contributed by atoms with Gasteiger partial charge in [-0.15, -0.1) is 0 Å². The van der Waals surface area contributed by atoms with Crippen LogP contribution in [-0.4, -0.2) is 45.2 Å². The van der Waals surface area contributed by atoms with E-state index in [0.29, 0.717) is 0 Å². The van der Waals surface area contributed by atoms with Crippen LogP contribution in [0.1, 0.15) is 20.8 Å². The summed E-state index contributed by atoms with van der Waals surface area (Å²) in [5, 5.41) is 0. The van der Waals surface area contributed by atoms with E-state index < -0.39 is 0 Å². The third kappa shape index (κ3) is 47.9. The monoisotopic (exact) mass is 210 g/mol. The Hall–Kier alpha value is 1.08. The minimum Gasteiger partial charge on any atom is -0.0630 e. The Morgan fingerprint density at radius 3 is 1.22 bits per heavy atom. The average molecular weight is 211 g/mol. The molecule has 0 aromatic carbocycles. The summed E-state index contributed by atoms with van der Waals surface area (Å²) in [4.78, 5) is 0. The van der Waals surface area contributed by atoms with Crippen LogP contribution >= 0.6 is 0 Å². The Morgan fingerprint density at radius 1 is 1.00 bits per heavy atom. The second kappa shape index (κ2) is 11.8. The van der Waals surface area contributed by atoms with Crippen molar-refractivity contribution in [1.29, 1.82) is 0 Å². The molecule has 0 aromatic rings. The fraction of sp³-hybridized carbons (Fsp3) is 1.00. The lowest BCUT2D eigenvalue weighted by Crippen LogP contribution is -2.11. The molecule has 0 heterocycles. The van der Waals surface area contributed by atoms with Crippen LogP contribution < -0.4 is 0 Å². The molecule has 0 unspecified atom stereocenters. The Kier molecular flexibility index (Phi) is 16.7. The quantitative estimate of drug-likeness (QED) is 0.416. The molecule has 0 N–H and O–H groups in total. The van der Waals surface area contributed by atoms with Gasteiger partial charge in [-0.05, 0) is 51.1 Å². The minimum atomic E-state index is 0.788. The molecule has 0 aliphatic carbocycles. The van der Waals surface area contributed by atoms with Crippen molar-refractivity contribution in [3.05, 3.63) is 0 Å². The lowest BCUT2D eigenvalue weighted by Gasteiger charge is -1.79. The van der Waals surface area contributed by atoms with Crippen LogP contribution in [0.2, 0.25) is 0 Å². The van der Waals surface area contributed by atoms with Crippen LogP contribution in [0.5, 0.6) is 0 Å². The van der Waals surface area contributed by atoms with Crippen molar-refractivity contribution >= 4 is 45.2 Å². The summed E-state index contributed by atoms with van der Waals surface area (Å²) < 4.78 is 0. The van der Waals surface area contributed by atoms with Crippen molar-refractivity contribution in [3.8, 4) is 0 Å². The fourth-order valence-corrected chi connectivity index (χ4v) is 85.9. The van der Waals surface area contributed by atoms with Gasteiger partial charge >= 0.3 is 0 Å². The largest absolute Gasteiger partial charge is 0.0630 e. The molecule has 0 nitrogen and oxygen atoms in total. The van der Waals surface area contributed by atoms with Crippen molar-refractivity contribution in [1.82, 2.24) is 0 Å². The zero-order valence-electron chi connectivity index (χ0n) is 7.70. The molecule has 0 spiro atoms. The van der Waals surface area contributed by atoms with E-state index in [2.05, 4.69) is 20.8 Å². The predicted molar refractivity (Wildman–Crippen MR) is 66.0 cm³/mol. The normalized spacial score (nSPS) is 13.3. The van der Waals surface area contributed by atoms with Crippen molar-refractivity contribution in [2.75, 3.05) is 0 Å². The van der Waals surface area contributed by atoms with E-state index in [4.69, 9.17) is 0 Å².